The van der Waals surface area contributed by atoms with Gasteiger partial charge in [0.25, 0.3) is 0 Å². The van der Waals surface area contributed by atoms with Crippen LogP contribution < -0.4 is 4.74 Å². The maximum atomic E-state index is 10.0. The van der Waals surface area contributed by atoms with Crippen LogP contribution in [0.3, 0.4) is 0 Å². The molecule has 0 unspecified atom stereocenters. The molecule has 0 amide bonds. The van der Waals surface area contributed by atoms with Gasteiger partial charge in [-0.05, 0) is 56.3 Å². The summed E-state index contributed by atoms with van der Waals surface area (Å²) in [6.07, 6.45) is 4.00. The predicted octanol–water partition coefficient (Wildman–Crippen LogP) is 4.70. The normalized spacial score (nSPS) is 15.4. The van der Waals surface area contributed by atoms with Gasteiger partial charge in [0.1, 0.15) is 34.2 Å². The van der Waals surface area contributed by atoms with Crippen molar-refractivity contribution < 1.29 is 19.4 Å². The molecule has 0 atom stereocenters. The van der Waals surface area contributed by atoms with Crippen molar-refractivity contribution in [2.45, 2.75) is 19.4 Å². The standard InChI is InChI=1S/C19H16O4/c1-19(2)8-7-14-16(23-19)6-3-11-9-17(22-18(11)14)13-5-4-12(20)10-15(13)21/h3-10,20-21H,1-2H3. The second kappa shape index (κ2) is 4.56. The third-order valence-corrected chi connectivity index (χ3v) is 3.96. The molecule has 23 heavy (non-hydrogen) atoms. The van der Waals surface area contributed by atoms with Crippen LogP contribution in [0, 0.1) is 0 Å². The molecule has 0 saturated carbocycles. The van der Waals surface area contributed by atoms with Crippen LogP contribution in [0.2, 0.25) is 0 Å². The van der Waals surface area contributed by atoms with Gasteiger partial charge >= 0.3 is 0 Å². The number of phenols is 2. The topological polar surface area (TPSA) is 62.8 Å². The number of hydrogen-bond acceptors (Lipinski definition) is 4. The number of benzene rings is 2. The molecular formula is C19H16O4. The van der Waals surface area contributed by atoms with Crippen molar-refractivity contribution in [3.8, 4) is 28.6 Å². The zero-order chi connectivity index (χ0) is 16.2. The lowest BCUT2D eigenvalue weighted by molar-refractivity contribution is 0.159. The van der Waals surface area contributed by atoms with E-state index >= 15 is 0 Å². The van der Waals surface area contributed by atoms with E-state index < -0.39 is 0 Å². The number of furan rings is 1. The molecule has 1 aliphatic heterocycles. The van der Waals surface area contributed by atoms with E-state index in [0.717, 1.165) is 22.3 Å². The van der Waals surface area contributed by atoms with Crippen molar-refractivity contribution in [3.05, 3.63) is 48.0 Å². The monoisotopic (exact) mass is 308 g/mol. The lowest BCUT2D eigenvalue weighted by Crippen LogP contribution is -2.27. The van der Waals surface area contributed by atoms with E-state index in [1.165, 1.54) is 12.1 Å². The zero-order valence-electron chi connectivity index (χ0n) is 12.8. The van der Waals surface area contributed by atoms with Crippen LogP contribution in [0.1, 0.15) is 19.4 Å². The van der Waals surface area contributed by atoms with Gasteiger partial charge in [0, 0.05) is 11.5 Å². The molecule has 2 N–H and O–H groups in total. The van der Waals surface area contributed by atoms with Crippen LogP contribution in [0.25, 0.3) is 28.4 Å². The first-order chi connectivity index (χ1) is 10.9. The molecule has 1 aromatic heterocycles. The molecule has 116 valence electrons. The minimum absolute atomic E-state index is 0.0123. The molecule has 4 nitrogen and oxygen atoms in total. The Morgan fingerprint density at radius 3 is 2.61 bits per heavy atom. The predicted molar refractivity (Wildman–Crippen MR) is 88.7 cm³/mol. The van der Waals surface area contributed by atoms with E-state index in [-0.39, 0.29) is 17.1 Å². The summed E-state index contributed by atoms with van der Waals surface area (Å²) in [4.78, 5) is 0. The fourth-order valence-electron chi connectivity index (χ4n) is 2.82. The highest BCUT2D eigenvalue weighted by atomic mass is 16.5. The van der Waals surface area contributed by atoms with E-state index in [2.05, 4.69) is 0 Å². The Bertz CT molecular complexity index is 947. The third kappa shape index (κ3) is 2.23. The summed E-state index contributed by atoms with van der Waals surface area (Å²) in [6.45, 7) is 4.00. The quantitative estimate of drug-likeness (QED) is 0.684. The average Bonchev–Trinajstić information content (AvgIpc) is 2.89. The largest absolute Gasteiger partial charge is 0.508 e. The number of hydrogen-bond donors (Lipinski definition) is 2. The number of phenolic OH excluding ortho intramolecular Hbond substituents is 2. The number of ether oxygens (including phenoxy) is 1. The molecule has 0 spiro atoms. The van der Waals surface area contributed by atoms with E-state index in [1.807, 2.05) is 44.2 Å². The fourth-order valence-corrected chi connectivity index (χ4v) is 2.82. The number of rotatable bonds is 1. The van der Waals surface area contributed by atoms with Gasteiger partial charge in [-0.15, -0.1) is 0 Å². The molecule has 4 rings (SSSR count). The van der Waals surface area contributed by atoms with Gasteiger partial charge in [0.05, 0.1) is 11.1 Å². The highest BCUT2D eigenvalue weighted by Gasteiger charge is 2.24. The molecule has 0 saturated heterocycles. The molecular weight excluding hydrogens is 292 g/mol. The van der Waals surface area contributed by atoms with E-state index in [4.69, 9.17) is 9.15 Å². The van der Waals surface area contributed by atoms with Crippen LogP contribution in [-0.4, -0.2) is 15.8 Å². The fraction of sp³-hybridized carbons (Fsp3) is 0.158. The Morgan fingerprint density at radius 1 is 1.00 bits per heavy atom. The second-order valence-corrected chi connectivity index (χ2v) is 6.25. The first kappa shape index (κ1) is 13.8. The second-order valence-electron chi connectivity index (χ2n) is 6.25. The van der Waals surface area contributed by atoms with Gasteiger partial charge in [-0.25, -0.2) is 0 Å². The maximum absolute atomic E-state index is 10.0. The highest BCUT2D eigenvalue weighted by molar-refractivity contribution is 5.92. The Morgan fingerprint density at radius 2 is 1.83 bits per heavy atom. The Labute approximate surface area is 133 Å². The Kier molecular flexibility index (Phi) is 2.73. The molecule has 0 radical (unpaired) electrons. The molecule has 3 aromatic rings. The Balaban J connectivity index is 1.89. The van der Waals surface area contributed by atoms with Crippen molar-refractivity contribution in [1.29, 1.82) is 0 Å². The summed E-state index contributed by atoms with van der Waals surface area (Å²) in [5, 5.41) is 20.4. The smallest absolute Gasteiger partial charge is 0.145 e. The average molecular weight is 308 g/mol. The molecule has 1 aliphatic rings. The van der Waals surface area contributed by atoms with Crippen LogP contribution in [0.15, 0.2) is 46.9 Å². The van der Waals surface area contributed by atoms with Crippen molar-refractivity contribution in [2.24, 2.45) is 0 Å². The van der Waals surface area contributed by atoms with Gasteiger partial charge in [0.2, 0.25) is 0 Å². The molecule has 0 aliphatic carbocycles. The van der Waals surface area contributed by atoms with Gasteiger partial charge in [0.15, 0.2) is 0 Å². The van der Waals surface area contributed by atoms with E-state index in [9.17, 15) is 10.2 Å². The number of aromatic hydroxyl groups is 2. The van der Waals surface area contributed by atoms with Crippen molar-refractivity contribution >= 4 is 17.0 Å². The molecule has 0 bridgehead atoms. The van der Waals surface area contributed by atoms with Gasteiger partial charge < -0.3 is 19.4 Å². The first-order valence-electron chi connectivity index (χ1n) is 7.40. The van der Waals surface area contributed by atoms with Crippen LogP contribution in [0.5, 0.6) is 17.2 Å². The summed E-state index contributed by atoms with van der Waals surface area (Å²) in [5.74, 6) is 1.31. The summed E-state index contributed by atoms with van der Waals surface area (Å²) < 4.78 is 11.9. The molecule has 4 heteroatoms. The summed E-state index contributed by atoms with van der Waals surface area (Å²) in [6, 6.07) is 10.2. The van der Waals surface area contributed by atoms with Crippen LogP contribution >= 0.6 is 0 Å². The van der Waals surface area contributed by atoms with Crippen LogP contribution in [0.4, 0.5) is 0 Å². The summed E-state index contributed by atoms with van der Waals surface area (Å²) in [5.41, 5.74) is 1.81. The molecule has 2 aromatic carbocycles. The highest BCUT2D eigenvalue weighted by Crippen LogP contribution is 2.41. The summed E-state index contributed by atoms with van der Waals surface area (Å²) in [7, 11) is 0. The lowest BCUT2D eigenvalue weighted by Gasteiger charge is -2.27. The maximum Gasteiger partial charge on any atom is 0.145 e. The molecule has 2 heterocycles. The summed E-state index contributed by atoms with van der Waals surface area (Å²) >= 11 is 0. The zero-order valence-corrected chi connectivity index (χ0v) is 12.8. The van der Waals surface area contributed by atoms with Gasteiger partial charge in [-0.1, -0.05) is 0 Å². The van der Waals surface area contributed by atoms with Crippen LogP contribution in [-0.2, 0) is 0 Å². The number of fused-ring (bicyclic) bond motifs is 3. The SMILES string of the molecule is CC1(C)C=Cc2c(ccc3cc(-c4ccc(O)cc4O)oc23)O1. The third-order valence-electron chi connectivity index (χ3n) is 3.96. The minimum atomic E-state index is -0.342. The minimum Gasteiger partial charge on any atom is -0.508 e. The van der Waals surface area contributed by atoms with Crippen molar-refractivity contribution in [3.63, 3.8) is 0 Å². The molecule has 0 fully saturated rings. The lowest BCUT2D eigenvalue weighted by atomic mass is 10.0. The van der Waals surface area contributed by atoms with Crippen molar-refractivity contribution in [1.82, 2.24) is 0 Å². The Hall–Kier alpha value is -2.88. The van der Waals surface area contributed by atoms with E-state index in [0.29, 0.717) is 11.3 Å². The van der Waals surface area contributed by atoms with Gasteiger partial charge in [-0.2, -0.15) is 0 Å². The van der Waals surface area contributed by atoms with E-state index in [1.54, 1.807) is 6.07 Å². The van der Waals surface area contributed by atoms with Gasteiger partial charge in [-0.3, -0.25) is 0 Å². The van der Waals surface area contributed by atoms with Crippen molar-refractivity contribution in [2.75, 3.05) is 0 Å². The first-order valence-corrected chi connectivity index (χ1v) is 7.40.